The van der Waals surface area contributed by atoms with Crippen LogP contribution in [0.3, 0.4) is 0 Å². The molecule has 0 saturated heterocycles. The molecule has 2 aromatic rings. The van der Waals surface area contributed by atoms with Gasteiger partial charge in [0, 0.05) is 29.9 Å². The molecule has 0 aliphatic carbocycles. The standard InChI is InChI=1S/C17H22N4S.HI/c1-3-14-11-19-16(22-14)12-20-17(18-4-2)21-10-9-13-7-5-6-8-15(13)21;/h5-8,11H,3-4,9-10,12H2,1-2H3,(H,18,20);1H. The largest absolute Gasteiger partial charge is 0.356 e. The zero-order valence-corrected chi connectivity index (χ0v) is 16.7. The second-order valence-electron chi connectivity index (χ2n) is 5.27. The van der Waals surface area contributed by atoms with Crippen molar-refractivity contribution in [3.63, 3.8) is 0 Å². The van der Waals surface area contributed by atoms with E-state index in [1.165, 1.54) is 16.1 Å². The minimum Gasteiger partial charge on any atom is -0.356 e. The van der Waals surface area contributed by atoms with Crippen molar-refractivity contribution in [2.24, 2.45) is 4.99 Å². The van der Waals surface area contributed by atoms with E-state index in [0.29, 0.717) is 6.54 Å². The number of thiazole rings is 1. The van der Waals surface area contributed by atoms with Gasteiger partial charge in [0.25, 0.3) is 0 Å². The third-order valence-electron chi connectivity index (χ3n) is 3.79. The molecule has 23 heavy (non-hydrogen) atoms. The predicted molar refractivity (Wildman–Crippen MR) is 109 cm³/mol. The summed E-state index contributed by atoms with van der Waals surface area (Å²) in [6, 6.07) is 8.57. The number of guanidine groups is 1. The summed E-state index contributed by atoms with van der Waals surface area (Å²) in [5.74, 6) is 0.959. The molecular weight excluding hydrogens is 419 g/mol. The van der Waals surface area contributed by atoms with Crippen LogP contribution in [0.1, 0.15) is 29.3 Å². The molecule has 1 aromatic heterocycles. The Balaban J connectivity index is 0.00000192. The maximum absolute atomic E-state index is 4.79. The van der Waals surface area contributed by atoms with E-state index >= 15 is 0 Å². The molecule has 0 spiro atoms. The Hall–Kier alpha value is -1.15. The molecular formula is C17H23IN4S. The summed E-state index contributed by atoms with van der Waals surface area (Å²) in [4.78, 5) is 12.9. The lowest BCUT2D eigenvalue weighted by Gasteiger charge is -2.22. The van der Waals surface area contributed by atoms with Crippen LogP contribution in [0.5, 0.6) is 0 Å². The van der Waals surface area contributed by atoms with Gasteiger partial charge in [-0.1, -0.05) is 25.1 Å². The average molecular weight is 442 g/mol. The number of anilines is 1. The third kappa shape index (κ3) is 4.23. The first kappa shape index (κ1) is 18.2. The fourth-order valence-corrected chi connectivity index (χ4v) is 3.47. The number of nitrogens with zero attached hydrogens (tertiary/aromatic N) is 3. The Morgan fingerprint density at radius 2 is 2.17 bits per heavy atom. The summed E-state index contributed by atoms with van der Waals surface area (Å²) < 4.78 is 0. The number of benzene rings is 1. The van der Waals surface area contributed by atoms with E-state index in [4.69, 9.17) is 4.99 Å². The van der Waals surface area contributed by atoms with E-state index in [9.17, 15) is 0 Å². The SMILES string of the molecule is CCNC(=NCc1ncc(CC)s1)N1CCc2ccccc21.I. The minimum atomic E-state index is 0. The molecule has 0 atom stereocenters. The maximum Gasteiger partial charge on any atom is 0.198 e. The van der Waals surface area contributed by atoms with Crippen molar-refractivity contribution < 1.29 is 0 Å². The highest BCUT2D eigenvalue weighted by Gasteiger charge is 2.22. The fraction of sp³-hybridized carbons (Fsp3) is 0.412. The second kappa shape index (κ2) is 8.63. The van der Waals surface area contributed by atoms with Crippen LogP contribution in [0, 0.1) is 0 Å². The number of para-hydroxylation sites is 1. The smallest absolute Gasteiger partial charge is 0.198 e. The van der Waals surface area contributed by atoms with Gasteiger partial charge in [0.15, 0.2) is 5.96 Å². The molecule has 0 radical (unpaired) electrons. The number of rotatable bonds is 4. The first-order valence-electron chi connectivity index (χ1n) is 7.89. The zero-order valence-electron chi connectivity index (χ0n) is 13.6. The Labute approximate surface area is 159 Å². The molecule has 4 nitrogen and oxygen atoms in total. The Morgan fingerprint density at radius 1 is 1.35 bits per heavy atom. The molecule has 0 saturated carbocycles. The van der Waals surface area contributed by atoms with Crippen LogP contribution in [0.15, 0.2) is 35.5 Å². The van der Waals surface area contributed by atoms with E-state index < -0.39 is 0 Å². The van der Waals surface area contributed by atoms with E-state index in [1.807, 2.05) is 6.20 Å². The molecule has 1 aliphatic heterocycles. The monoisotopic (exact) mass is 442 g/mol. The summed E-state index contributed by atoms with van der Waals surface area (Å²) in [5.41, 5.74) is 2.67. The van der Waals surface area contributed by atoms with Crippen LogP contribution in [0.2, 0.25) is 0 Å². The normalized spacial score (nSPS) is 13.7. The molecule has 0 fully saturated rings. The van der Waals surface area contributed by atoms with Crippen molar-refractivity contribution in [3.8, 4) is 0 Å². The van der Waals surface area contributed by atoms with E-state index in [2.05, 4.69) is 53.3 Å². The van der Waals surface area contributed by atoms with Crippen molar-refractivity contribution in [1.29, 1.82) is 0 Å². The number of aromatic nitrogens is 1. The van der Waals surface area contributed by atoms with Gasteiger partial charge in [-0.25, -0.2) is 9.98 Å². The fourth-order valence-electron chi connectivity index (χ4n) is 2.68. The van der Waals surface area contributed by atoms with E-state index in [-0.39, 0.29) is 24.0 Å². The lowest BCUT2D eigenvalue weighted by Crippen LogP contribution is -2.40. The van der Waals surface area contributed by atoms with Gasteiger partial charge in [0.2, 0.25) is 0 Å². The highest BCUT2D eigenvalue weighted by Crippen LogP contribution is 2.27. The quantitative estimate of drug-likeness (QED) is 0.444. The van der Waals surface area contributed by atoms with Crippen LogP contribution in [-0.4, -0.2) is 24.0 Å². The highest BCUT2D eigenvalue weighted by molar-refractivity contribution is 14.0. The number of hydrogen-bond donors (Lipinski definition) is 1. The van der Waals surface area contributed by atoms with Gasteiger partial charge in [-0.3, -0.25) is 0 Å². The van der Waals surface area contributed by atoms with Crippen LogP contribution < -0.4 is 10.2 Å². The summed E-state index contributed by atoms with van der Waals surface area (Å²) >= 11 is 1.76. The molecule has 1 aliphatic rings. The molecule has 124 valence electrons. The highest BCUT2D eigenvalue weighted by atomic mass is 127. The summed E-state index contributed by atoms with van der Waals surface area (Å²) in [6.07, 6.45) is 4.09. The van der Waals surface area contributed by atoms with E-state index in [1.54, 1.807) is 11.3 Å². The number of aliphatic imine (C=N–C) groups is 1. The number of halogens is 1. The Kier molecular flexibility index (Phi) is 6.83. The average Bonchev–Trinajstić information content (AvgIpc) is 3.18. The number of fused-ring (bicyclic) bond motifs is 1. The van der Waals surface area contributed by atoms with Gasteiger partial charge in [-0.05, 0) is 31.4 Å². The molecule has 0 amide bonds. The third-order valence-corrected chi connectivity index (χ3v) is 4.92. The molecule has 3 rings (SSSR count). The minimum absolute atomic E-state index is 0. The first-order valence-corrected chi connectivity index (χ1v) is 8.70. The van der Waals surface area contributed by atoms with Crippen molar-refractivity contribution in [3.05, 3.63) is 45.9 Å². The lowest BCUT2D eigenvalue weighted by atomic mass is 10.2. The zero-order chi connectivity index (χ0) is 15.4. The first-order chi connectivity index (χ1) is 10.8. The topological polar surface area (TPSA) is 40.5 Å². The van der Waals surface area contributed by atoms with Gasteiger partial charge >= 0.3 is 0 Å². The molecule has 0 bridgehead atoms. The van der Waals surface area contributed by atoms with E-state index in [0.717, 1.165) is 36.9 Å². The molecule has 2 heterocycles. The Morgan fingerprint density at radius 3 is 2.91 bits per heavy atom. The summed E-state index contributed by atoms with van der Waals surface area (Å²) in [5, 5.41) is 4.49. The van der Waals surface area contributed by atoms with Crippen LogP contribution in [-0.2, 0) is 19.4 Å². The number of aryl methyl sites for hydroxylation is 1. The second-order valence-corrected chi connectivity index (χ2v) is 6.47. The number of nitrogens with one attached hydrogen (secondary N) is 1. The molecule has 0 unspecified atom stereocenters. The van der Waals surface area contributed by atoms with Gasteiger partial charge in [-0.2, -0.15) is 0 Å². The lowest BCUT2D eigenvalue weighted by molar-refractivity contribution is 0.880. The molecule has 1 N–H and O–H groups in total. The van der Waals surface area contributed by atoms with Gasteiger partial charge in [-0.15, -0.1) is 35.3 Å². The summed E-state index contributed by atoms with van der Waals surface area (Å²) in [6.45, 7) is 6.77. The van der Waals surface area contributed by atoms with Gasteiger partial charge < -0.3 is 10.2 Å². The van der Waals surface area contributed by atoms with Crippen LogP contribution in [0.4, 0.5) is 5.69 Å². The Bertz CT molecular complexity index is 668. The number of hydrogen-bond acceptors (Lipinski definition) is 3. The van der Waals surface area contributed by atoms with Crippen LogP contribution in [0.25, 0.3) is 0 Å². The summed E-state index contributed by atoms with van der Waals surface area (Å²) in [7, 11) is 0. The van der Waals surface area contributed by atoms with Gasteiger partial charge in [0.1, 0.15) is 5.01 Å². The predicted octanol–water partition coefficient (Wildman–Crippen LogP) is 3.85. The van der Waals surface area contributed by atoms with Crippen molar-refractivity contribution in [2.45, 2.75) is 33.2 Å². The van der Waals surface area contributed by atoms with Crippen LogP contribution >= 0.6 is 35.3 Å². The van der Waals surface area contributed by atoms with Gasteiger partial charge in [0.05, 0.1) is 6.54 Å². The molecule has 6 heteroatoms. The van der Waals surface area contributed by atoms with Crippen molar-refractivity contribution in [2.75, 3.05) is 18.0 Å². The maximum atomic E-state index is 4.79. The van der Waals surface area contributed by atoms with Crippen molar-refractivity contribution >= 4 is 47.0 Å². The van der Waals surface area contributed by atoms with Crippen molar-refractivity contribution in [1.82, 2.24) is 10.3 Å². The molecule has 1 aromatic carbocycles.